The van der Waals surface area contributed by atoms with Crippen LogP contribution in [0, 0.1) is 0 Å². The topological polar surface area (TPSA) is 119 Å². The summed E-state index contributed by atoms with van der Waals surface area (Å²) in [5.41, 5.74) is 0.528. The minimum absolute atomic E-state index is 0.0977. The minimum Gasteiger partial charge on any atom is -0.495 e. The first kappa shape index (κ1) is 17.2. The van der Waals surface area contributed by atoms with Crippen LogP contribution in [0.4, 0.5) is 5.69 Å². The molecule has 9 heteroatoms. The average Bonchev–Trinajstić information content (AvgIpc) is 3.32. The van der Waals surface area contributed by atoms with Gasteiger partial charge in [0.15, 0.2) is 5.82 Å². The second-order valence-electron chi connectivity index (χ2n) is 5.20. The Morgan fingerprint density at radius 1 is 1.19 bits per heavy atom. The summed E-state index contributed by atoms with van der Waals surface area (Å²) in [6, 6.07) is 10.4. The van der Waals surface area contributed by atoms with E-state index in [0.29, 0.717) is 17.2 Å². The van der Waals surface area contributed by atoms with E-state index in [4.69, 9.17) is 13.7 Å². The number of anilines is 1. The Bertz CT molecular complexity index is 888. The van der Waals surface area contributed by atoms with E-state index in [0.717, 1.165) is 0 Å². The quantitative estimate of drug-likeness (QED) is 0.662. The van der Waals surface area contributed by atoms with Gasteiger partial charge in [0.25, 0.3) is 0 Å². The lowest BCUT2D eigenvalue weighted by Crippen LogP contribution is -2.23. The SMILES string of the molecule is COc1ccccc1NC(=O)Cc1noc(C(=O)NCc2ccco2)n1. The highest BCUT2D eigenvalue weighted by Crippen LogP contribution is 2.23. The molecule has 3 rings (SSSR count). The van der Waals surface area contributed by atoms with E-state index in [1.165, 1.54) is 13.4 Å². The number of hydrogen-bond acceptors (Lipinski definition) is 7. The van der Waals surface area contributed by atoms with Crippen molar-refractivity contribution >= 4 is 17.5 Å². The van der Waals surface area contributed by atoms with Crippen molar-refractivity contribution in [3.05, 3.63) is 60.1 Å². The number of methoxy groups -OCH3 is 1. The zero-order valence-corrected chi connectivity index (χ0v) is 13.9. The minimum atomic E-state index is -0.551. The van der Waals surface area contributed by atoms with Crippen molar-refractivity contribution in [2.24, 2.45) is 0 Å². The molecule has 2 amide bonds. The van der Waals surface area contributed by atoms with Gasteiger partial charge in [-0.3, -0.25) is 9.59 Å². The molecule has 3 aromatic rings. The van der Waals surface area contributed by atoms with Gasteiger partial charge >= 0.3 is 11.8 Å². The molecule has 0 saturated carbocycles. The number of aromatic nitrogens is 2. The number of hydrogen-bond donors (Lipinski definition) is 2. The summed E-state index contributed by atoms with van der Waals surface area (Å²) in [5, 5.41) is 8.91. The molecule has 0 aliphatic rings. The second kappa shape index (κ2) is 7.97. The van der Waals surface area contributed by atoms with Crippen LogP contribution in [-0.2, 0) is 17.8 Å². The molecule has 2 heterocycles. The molecule has 0 bridgehead atoms. The fourth-order valence-electron chi connectivity index (χ4n) is 2.16. The van der Waals surface area contributed by atoms with E-state index in [-0.39, 0.29) is 30.6 Å². The Kier molecular flexibility index (Phi) is 5.28. The standard InChI is InChI=1S/C17H16N4O5/c1-24-13-7-3-2-6-12(13)19-15(22)9-14-20-17(26-21-14)16(23)18-10-11-5-4-8-25-11/h2-8H,9-10H2,1H3,(H,18,23)(H,19,22). The number of amides is 2. The third-order valence-electron chi connectivity index (χ3n) is 3.37. The molecule has 2 N–H and O–H groups in total. The molecule has 0 fully saturated rings. The third-order valence-corrected chi connectivity index (χ3v) is 3.37. The lowest BCUT2D eigenvalue weighted by atomic mass is 10.2. The van der Waals surface area contributed by atoms with Crippen LogP contribution in [0.15, 0.2) is 51.6 Å². The van der Waals surface area contributed by atoms with Gasteiger partial charge in [0.2, 0.25) is 5.91 Å². The van der Waals surface area contributed by atoms with Crippen molar-refractivity contribution < 1.29 is 23.3 Å². The maximum atomic E-state index is 12.1. The van der Waals surface area contributed by atoms with Crippen LogP contribution >= 0.6 is 0 Å². The highest BCUT2D eigenvalue weighted by atomic mass is 16.5. The fraction of sp³-hybridized carbons (Fsp3) is 0.176. The average molecular weight is 356 g/mol. The van der Waals surface area contributed by atoms with E-state index in [2.05, 4.69) is 20.8 Å². The van der Waals surface area contributed by atoms with E-state index in [9.17, 15) is 9.59 Å². The number of nitrogens with one attached hydrogen (secondary N) is 2. The number of nitrogens with zero attached hydrogens (tertiary/aromatic N) is 2. The molecule has 134 valence electrons. The van der Waals surface area contributed by atoms with Crippen molar-refractivity contribution in [3.8, 4) is 5.75 Å². The van der Waals surface area contributed by atoms with Gasteiger partial charge in [0, 0.05) is 0 Å². The van der Waals surface area contributed by atoms with Crippen molar-refractivity contribution in [2.45, 2.75) is 13.0 Å². The highest BCUT2D eigenvalue weighted by Gasteiger charge is 2.17. The Morgan fingerprint density at radius 3 is 2.81 bits per heavy atom. The molecule has 0 saturated heterocycles. The molecule has 0 unspecified atom stereocenters. The Labute approximate surface area is 148 Å². The van der Waals surface area contributed by atoms with Crippen LogP contribution in [0.5, 0.6) is 5.75 Å². The summed E-state index contributed by atoms with van der Waals surface area (Å²) in [7, 11) is 1.51. The summed E-state index contributed by atoms with van der Waals surface area (Å²) in [6.45, 7) is 0.192. The van der Waals surface area contributed by atoms with E-state index >= 15 is 0 Å². The van der Waals surface area contributed by atoms with E-state index in [1.54, 1.807) is 36.4 Å². The van der Waals surface area contributed by atoms with Crippen LogP contribution in [0.25, 0.3) is 0 Å². The third kappa shape index (κ3) is 4.26. The number of ether oxygens (including phenoxy) is 1. The highest BCUT2D eigenvalue weighted by molar-refractivity contribution is 5.93. The predicted octanol–water partition coefficient (Wildman–Crippen LogP) is 1.78. The Balaban J connectivity index is 1.55. The normalized spacial score (nSPS) is 10.3. The van der Waals surface area contributed by atoms with E-state index < -0.39 is 5.91 Å². The number of para-hydroxylation sites is 2. The number of benzene rings is 1. The molecule has 2 aromatic heterocycles. The monoisotopic (exact) mass is 356 g/mol. The van der Waals surface area contributed by atoms with Crippen molar-refractivity contribution in [2.75, 3.05) is 12.4 Å². The van der Waals surface area contributed by atoms with Crippen molar-refractivity contribution in [1.29, 1.82) is 0 Å². The van der Waals surface area contributed by atoms with Crippen LogP contribution in [-0.4, -0.2) is 29.1 Å². The second-order valence-corrected chi connectivity index (χ2v) is 5.20. The summed E-state index contributed by atoms with van der Waals surface area (Å²) in [6.07, 6.45) is 1.36. The molecule has 0 atom stereocenters. The van der Waals surface area contributed by atoms with Gasteiger partial charge in [-0.2, -0.15) is 4.98 Å². The van der Waals surface area contributed by atoms with Crippen molar-refractivity contribution in [1.82, 2.24) is 15.5 Å². The maximum absolute atomic E-state index is 12.1. The lowest BCUT2D eigenvalue weighted by molar-refractivity contribution is -0.115. The first-order valence-electron chi connectivity index (χ1n) is 7.71. The smallest absolute Gasteiger partial charge is 0.315 e. The first-order valence-corrected chi connectivity index (χ1v) is 7.71. The van der Waals surface area contributed by atoms with Crippen molar-refractivity contribution in [3.63, 3.8) is 0 Å². The van der Waals surface area contributed by atoms with Crippen LogP contribution in [0.2, 0.25) is 0 Å². The molecule has 26 heavy (non-hydrogen) atoms. The number of furan rings is 1. The summed E-state index contributed by atoms with van der Waals surface area (Å²) in [4.78, 5) is 28.0. The zero-order chi connectivity index (χ0) is 18.4. The Morgan fingerprint density at radius 2 is 2.04 bits per heavy atom. The van der Waals surface area contributed by atoms with E-state index in [1.807, 2.05) is 0 Å². The molecule has 0 aliphatic heterocycles. The molecular weight excluding hydrogens is 340 g/mol. The van der Waals surface area contributed by atoms with Gasteiger partial charge in [-0.1, -0.05) is 17.3 Å². The number of rotatable bonds is 7. The zero-order valence-electron chi connectivity index (χ0n) is 13.9. The predicted molar refractivity (Wildman–Crippen MR) is 89.5 cm³/mol. The van der Waals surface area contributed by atoms with Crippen LogP contribution < -0.4 is 15.4 Å². The number of carbonyl (C=O) groups excluding carboxylic acids is 2. The molecule has 9 nitrogen and oxygen atoms in total. The molecule has 1 aromatic carbocycles. The lowest BCUT2D eigenvalue weighted by Gasteiger charge is -2.08. The largest absolute Gasteiger partial charge is 0.495 e. The molecular formula is C17H16N4O5. The fourth-order valence-corrected chi connectivity index (χ4v) is 2.16. The maximum Gasteiger partial charge on any atom is 0.315 e. The van der Waals surface area contributed by atoms with Crippen LogP contribution in [0.3, 0.4) is 0 Å². The summed E-state index contributed by atoms with van der Waals surface area (Å²) >= 11 is 0. The van der Waals surface area contributed by atoms with Gasteiger partial charge in [0.1, 0.15) is 11.5 Å². The van der Waals surface area contributed by atoms with Gasteiger partial charge in [-0.05, 0) is 24.3 Å². The summed E-state index contributed by atoms with van der Waals surface area (Å²) in [5.74, 6) is 0.0848. The first-order chi connectivity index (χ1) is 12.7. The Hall–Kier alpha value is -3.62. The number of carbonyl (C=O) groups is 2. The van der Waals surface area contributed by atoms with Gasteiger partial charge in [0.05, 0.1) is 32.0 Å². The van der Waals surface area contributed by atoms with Gasteiger partial charge in [-0.25, -0.2) is 0 Å². The van der Waals surface area contributed by atoms with Gasteiger partial charge in [-0.15, -0.1) is 0 Å². The molecule has 0 aliphatic carbocycles. The summed E-state index contributed by atoms with van der Waals surface area (Å²) < 4.78 is 15.2. The van der Waals surface area contributed by atoms with Gasteiger partial charge < -0.3 is 24.3 Å². The van der Waals surface area contributed by atoms with Crippen LogP contribution in [0.1, 0.15) is 22.3 Å². The molecule has 0 radical (unpaired) electrons. The molecule has 0 spiro atoms.